The smallest absolute Gasteiger partial charge is 0.220 e. The van der Waals surface area contributed by atoms with Gasteiger partial charge in [-0.15, -0.1) is 0 Å². The number of aromatic nitrogens is 2. The van der Waals surface area contributed by atoms with Crippen LogP contribution in [0.1, 0.15) is 17.5 Å². The number of halogens is 2. The number of hydrogen-bond donors (Lipinski definition) is 2. The molecule has 1 heterocycles. The van der Waals surface area contributed by atoms with Crippen molar-refractivity contribution in [1.29, 1.82) is 0 Å². The number of imidazole rings is 1. The Hall–Kier alpha value is -2.40. The molecule has 23 heavy (non-hydrogen) atoms. The zero-order chi connectivity index (χ0) is 16.2. The molecule has 0 fully saturated rings. The topological polar surface area (TPSA) is 57.8 Å². The highest BCUT2D eigenvalue weighted by Crippen LogP contribution is 2.16. The second kappa shape index (κ2) is 6.79. The van der Waals surface area contributed by atoms with Gasteiger partial charge in [-0.05, 0) is 41.8 Å². The average molecular weight is 332 g/mol. The lowest BCUT2D eigenvalue weighted by Gasteiger charge is -2.06. The fourth-order valence-corrected chi connectivity index (χ4v) is 2.54. The first-order chi connectivity index (χ1) is 11.1. The standard InChI is InChI=1S/C17H15ClFN3O/c18-13-7-12(1-4-14(13)19)9-20-17(23)6-3-11-2-5-15-16(8-11)22-10-21-15/h1-2,4-5,7-8,10H,3,6,9H2,(H,20,23)(H,21,22). The molecule has 0 unspecified atom stereocenters. The van der Waals surface area contributed by atoms with Crippen LogP contribution in [-0.2, 0) is 17.8 Å². The van der Waals surface area contributed by atoms with Crippen molar-refractivity contribution in [3.8, 4) is 0 Å². The number of carbonyl (C=O) groups excluding carboxylic acids is 1. The van der Waals surface area contributed by atoms with Crippen LogP contribution < -0.4 is 5.32 Å². The van der Waals surface area contributed by atoms with Crippen LogP contribution in [0.25, 0.3) is 11.0 Å². The van der Waals surface area contributed by atoms with E-state index in [9.17, 15) is 9.18 Å². The van der Waals surface area contributed by atoms with Crippen LogP contribution in [0.2, 0.25) is 5.02 Å². The van der Waals surface area contributed by atoms with Gasteiger partial charge in [-0.2, -0.15) is 0 Å². The van der Waals surface area contributed by atoms with Crippen molar-refractivity contribution < 1.29 is 9.18 Å². The van der Waals surface area contributed by atoms with E-state index < -0.39 is 5.82 Å². The van der Waals surface area contributed by atoms with Gasteiger partial charge in [0.05, 0.1) is 22.4 Å². The summed E-state index contributed by atoms with van der Waals surface area (Å²) in [6.45, 7) is 0.332. The van der Waals surface area contributed by atoms with E-state index in [1.165, 1.54) is 12.1 Å². The van der Waals surface area contributed by atoms with E-state index in [-0.39, 0.29) is 10.9 Å². The number of aryl methyl sites for hydroxylation is 1. The first-order valence-corrected chi connectivity index (χ1v) is 7.62. The molecule has 1 aromatic heterocycles. The lowest BCUT2D eigenvalue weighted by atomic mass is 10.1. The molecule has 6 heteroatoms. The predicted octanol–water partition coefficient (Wildman–Crippen LogP) is 3.60. The summed E-state index contributed by atoms with van der Waals surface area (Å²) in [6.07, 6.45) is 2.68. The van der Waals surface area contributed by atoms with Crippen molar-refractivity contribution in [2.75, 3.05) is 0 Å². The molecule has 3 aromatic rings. The number of H-pyrrole nitrogens is 1. The average Bonchev–Trinajstić information content (AvgIpc) is 3.01. The molecular formula is C17H15ClFN3O. The van der Waals surface area contributed by atoms with E-state index in [1.807, 2.05) is 18.2 Å². The molecule has 0 saturated carbocycles. The van der Waals surface area contributed by atoms with E-state index in [1.54, 1.807) is 12.4 Å². The first-order valence-electron chi connectivity index (χ1n) is 7.24. The van der Waals surface area contributed by atoms with E-state index in [4.69, 9.17) is 11.6 Å². The minimum absolute atomic E-state index is 0.0598. The molecule has 0 radical (unpaired) electrons. The van der Waals surface area contributed by atoms with Crippen molar-refractivity contribution in [1.82, 2.24) is 15.3 Å². The highest BCUT2D eigenvalue weighted by molar-refractivity contribution is 6.30. The molecule has 0 spiro atoms. The molecule has 0 aliphatic rings. The molecule has 2 N–H and O–H groups in total. The van der Waals surface area contributed by atoms with Crippen molar-refractivity contribution in [2.24, 2.45) is 0 Å². The molecule has 0 saturated heterocycles. The lowest BCUT2D eigenvalue weighted by Crippen LogP contribution is -2.23. The summed E-state index contributed by atoms with van der Waals surface area (Å²) in [5, 5.41) is 2.87. The SMILES string of the molecule is O=C(CCc1ccc2nc[nH]c2c1)NCc1ccc(F)c(Cl)c1. The molecule has 0 aliphatic heterocycles. The first kappa shape index (κ1) is 15.5. The summed E-state index contributed by atoms with van der Waals surface area (Å²) in [5.74, 6) is -0.522. The van der Waals surface area contributed by atoms with Crippen LogP contribution in [0.3, 0.4) is 0 Å². The highest BCUT2D eigenvalue weighted by Gasteiger charge is 2.05. The summed E-state index contributed by atoms with van der Waals surface area (Å²) in [6, 6.07) is 10.3. The Morgan fingerprint density at radius 3 is 2.87 bits per heavy atom. The molecule has 3 rings (SSSR count). The van der Waals surface area contributed by atoms with E-state index in [0.717, 1.165) is 22.2 Å². The lowest BCUT2D eigenvalue weighted by molar-refractivity contribution is -0.121. The number of benzene rings is 2. The number of fused-ring (bicyclic) bond motifs is 1. The number of hydrogen-bond acceptors (Lipinski definition) is 2. The Balaban J connectivity index is 1.51. The van der Waals surface area contributed by atoms with Gasteiger partial charge in [-0.3, -0.25) is 4.79 Å². The Morgan fingerprint density at radius 1 is 1.22 bits per heavy atom. The second-order valence-corrected chi connectivity index (χ2v) is 5.69. The van der Waals surface area contributed by atoms with E-state index in [2.05, 4.69) is 15.3 Å². The fourth-order valence-electron chi connectivity index (χ4n) is 2.33. The van der Waals surface area contributed by atoms with Crippen molar-refractivity contribution in [3.63, 3.8) is 0 Å². The van der Waals surface area contributed by atoms with Crippen LogP contribution in [-0.4, -0.2) is 15.9 Å². The zero-order valence-corrected chi connectivity index (χ0v) is 13.0. The minimum Gasteiger partial charge on any atom is -0.352 e. The Kier molecular flexibility index (Phi) is 4.57. The molecule has 118 valence electrons. The molecule has 1 amide bonds. The minimum atomic E-state index is -0.462. The van der Waals surface area contributed by atoms with Crippen LogP contribution in [0.15, 0.2) is 42.7 Å². The van der Waals surface area contributed by atoms with Crippen molar-refractivity contribution in [2.45, 2.75) is 19.4 Å². The molecule has 2 aromatic carbocycles. The van der Waals surface area contributed by atoms with Crippen LogP contribution in [0.5, 0.6) is 0 Å². The molecular weight excluding hydrogens is 317 g/mol. The largest absolute Gasteiger partial charge is 0.352 e. The normalized spacial score (nSPS) is 10.9. The number of amides is 1. The third-order valence-corrected chi connectivity index (χ3v) is 3.89. The van der Waals surface area contributed by atoms with Gasteiger partial charge < -0.3 is 10.3 Å². The predicted molar refractivity (Wildman–Crippen MR) is 87.7 cm³/mol. The second-order valence-electron chi connectivity index (χ2n) is 5.28. The molecule has 0 bridgehead atoms. The van der Waals surface area contributed by atoms with Gasteiger partial charge >= 0.3 is 0 Å². The van der Waals surface area contributed by atoms with Gasteiger partial charge in [0, 0.05) is 13.0 Å². The molecule has 0 aliphatic carbocycles. The van der Waals surface area contributed by atoms with Gasteiger partial charge in [0.2, 0.25) is 5.91 Å². The number of carbonyl (C=O) groups is 1. The quantitative estimate of drug-likeness (QED) is 0.750. The van der Waals surface area contributed by atoms with Crippen molar-refractivity contribution in [3.05, 3.63) is 64.7 Å². The fraction of sp³-hybridized carbons (Fsp3) is 0.176. The molecule has 0 atom stereocenters. The Labute approximate surface area is 137 Å². The van der Waals surface area contributed by atoms with Crippen LogP contribution >= 0.6 is 11.6 Å². The Bertz CT molecular complexity index is 847. The summed E-state index contributed by atoms with van der Waals surface area (Å²) in [4.78, 5) is 19.1. The van der Waals surface area contributed by atoms with E-state index in [0.29, 0.717) is 19.4 Å². The van der Waals surface area contributed by atoms with E-state index >= 15 is 0 Å². The van der Waals surface area contributed by atoms with Crippen LogP contribution in [0.4, 0.5) is 4.39 Å². The maximum atomic E-state index is 13.1. The summed E-state index contributed by atoms with van der Waals surface area (Å²) >= 11 is 5.71. The summed E-state index contributed by atoms with van der Waals surface area (Å²) in [5.41, 5.74) is 3.71. The van der Waals surface area contributed by atoms with Gasteiger partial charge in [-0.1, -0.05) is 23.7 Å². The summed E-state index contributed by atoms with van der Waals surface area (Å²) in [7, 11) is 0. The number of nitrogens with one attached hydrogen (secondary N) is 2. The zero-order valence-electron chi connectivity index (χ0n) is 12.3. The maximum absolute atomic E-state index is 13.1. The van der Waals surface area contributed by atoms with Gasteiger partial charge in [0.25, 0.3) is 0 Å². The maximum Gasteiger partial charge on any atom is 0.220 e. The Morgan fingerprint density at radius 2 is 2.04 bits per heavy atom. The monoisotopic (exact) mass is 331 g/mol. The van der Waals surface area contributed by atoms with Gasteiger partial charge in [0.1, 0.15) is 5.82 Å². The van der Waals surface area contributed by atoms with Crippen LogP contribution in [0, 0.1) is 5.82 Å². The highest BCUT2D eigenvalue weighted by atomic mass is 35.5. The number of rotatable bonds is 5. The van der Waals surface area contributed by atoms with Gasteiger partial charge in [0.15, 0.2) is 0 Å². The number of nitrogens with zero attached hydrogens (tertiary/aromatic N) is 1. The summed E-state index contributed by atoms with van der Waals surface area (Å²) < 4.78 is 13.1. The molecule has 4 nitrogen and oxygen atoms in total. The third-order valence-electron chi connectivity index (χ3n) is 3.60. The number of aromatic amines is 1. The van der Waals surface area contributed by atoms with Crippen molar-refractivity contribution >= 4 is 28.5 Å². The van der Waals surface area contributed by atoms with Gasteiger partial charge in [-0.25, -0.2) is 9.37 Å². The third kappa shape index (κ3) is 3.87.